The van der Waals surface area contributed by atoms with Crippen LogP contribution >= 0.6 is 11.8 Å². The van der Waals surface area contributed by atoms with Gasteiger partial charge in [-0.1, -0.05) is 19.1 Å². The van der Waals surface area contributed by atoms with Crippen LogP contribution in [0.25, 0.3) is 5.57 Å². The van der Waals surface area contributed by atoms with Crippen molar-refractivity contribution in [2.75, 3.05) is 24.2 Å². The van der Waals surface area contributed by atoms with Gasteiger partial charge in [0.25, 0.3) is 11.8 Å². The van der Waals surface area contributed by atoms with E-state index in [0.717, 1.165) is 12.8 Å². The smallest absolute Gasteiger partial charge is 0.268 e. The predicted octanol–water partition coefficient (Wildman–Crippen LogP) is 2.66. The Hall–Kier alpha value is -2.12. The summed E-state index contributed by atoms with van der Waals surface area (Å²) < 4.78 is 5.59. The molecule has 1 saturated heterocycles. The number of amides is 3. The molecule has 0 aliphatic carbocycles. The van der Waals surface area contributed by atoms with Gasteiger partial charge in [-0.2, -0.15) is 0 Å². The zero-order valence-electron chi connectivity index (χ0n) is 14.9. The van der Waals surface area contributed by atoms with Gasteiger partial charge in [0.15, 0.2) is 0 Å². The molecule has 0 bridgehead atoms. The first-order chi connectivity index (χ1) is 12.5. The SMILES string of the molecule is CCSC1=C(c2ccc(NC(C)=O)cc2)C(=O)N(CC2CCCO2)C1=O. The number of carbonyl (C=O) groups is 3. The molecule has 3 amide bonds. The van der Waals surface area contributed by atoms with Gasteiger partial charge in [-0.3, -0.25) is 19.3 Å². The van der Waals surface area contributed by atoms with E-state index < -0.39 is 0 Å². The lowest BCUT2D eigenvalue weighted by Crippen LogP contribution is -2.37. The van der Waals surface area contributed by atoms with Crippen molar-refractivity contribution in [1.82, 2.24) is 4.90 Å². The van der Waals surface area contributed by atoms with Gasteiger partial charge in [0.2, 0.25) is 5.91 Å². The van der Waals surface area contributed by atoms with Crippen LogP contribution in [0.15, 0.2) is 29.2 Å². The summed E-state index contributed by atoms with van der Waals surface area (Å²) in [5.74, 6) is 0.0383. The summed E-state index contributed by atoms with van der Waals surface area (Å²) >= 11 is 1.39. The molecule has 1 fully saturated rings. The van der Waals surface area contributed by atoms with Crippen LogP contribution in [0.4, 0.5) is 5.69 Å². The number of rotatable bonds is 6. The highest BCUT2D eigenvalue weighted by Crippen LogP contribution is 2.36. The molecular weight excluding hydrogens is 352 g/mol. The highest BCUT2D eigenvalue weighted by molar-refractivity contribution is 8.04. The number of hydrogen-bond acceptors (Lipinski definition) is 5. The van der Waals surface area contributed by atoms with Crippen molar-refractivity contribution < 1.29 is 19.1 Å². The number of hydrogen-bond donors (Lipinski definition) is 1. The number of thioether (sulfide) groups is 1. The van der Waals surface area contributed by atoms with E-state index in [-0.39, 0.29) is 23.8 Å². The number of benzene rings is 1. The highest BCUT2D eigenvalue weighted by Gasteiger charge is 2.40. The van der Waals surface area contributed by atoms with E-state index in [1.54, 1.807) is 24.3 Å². The molecule has 26 heavy (non-hydrogen) atoms. The van der Waals surface area contributed by atoms with Crippen LogP contribution in [0.5, 0.6) is 0 Å². The van der Waals surface area contributed by atoms with Crippen LogP contribution in [0.3, 0.4) is 0 Å². The standard InChI is InChI=1S/C19H22N2O4S/c1-3-26-17-16(13-6-8-14(9-7-13)20-12(2)22)18(23)21(19(17)24)11-15-5-4-10-25-15/h6-9,15H,3-5,10-11H2,1-2H3,(H,20,22). The molecular formula is C19H22N2O4S. The Morgan fingerprint density at radius 1 is 1.27 bits per heavy atom. The van der Waals surface area contributed by atoms with Crippen LogP contribution in [-0.4, -0.2) is 47.6 Å². The summed E-state index contributed by atoms with van der Waals surface area (Å²) in [5.41, 5.74) is 1.77. The minimum atomic E-state index is -0.270. The summed E-state index contributed by atoms with van der Waals surface area (Å²) in [7, 11) is 0. The molecule has 2 aliphatic rings. The second kappa shape index (κ2) is 8.05. The maximum atomic E-state index is 13.0. The Labute approximate surface area is 157 Å². The zero-order chi connectivity index (χ0) is 18.7. The van der Waals surface area contributed by atoms with Gasteiger partial charge in [-0.15, -0.1) is 11.8 Å². The molecule has 0 spiro atoms. The molecule has 1 N–H and O–H groups in total. The molecule has 0 saturated carbocycles. The summed E-state index contributed by atoms with van der Waals surface area (Å²) in [6.07, 6.45) is 1.76. The fourth-order valence-electron chi connectivity index (χ4n) is 3.17. The molecule has 1 atom stereocenters. The molecule has 2 heterocycles. The van der Waals surface area contributed by atoms with Crippen LogP contribution in [0.1, 0.15) is 32.3 Å². The van der Waals surface area contributed by atoms with E-state index in [0.29, 0.717) is 40.6 Å². The first-order valence-corrected chi connectivity index (χ1v) is 9.72. The number of imide groups is 1. The van der Waals surface area contributed by atoms with E-state index in [1.807, 2.05) is 6.92 Å². The fourth-order valence-corrected chi connectivity index (χ4v) is 4.04. The monoisotopic (exact) mass is 374 g/mol. The molecule has 0 radical (unpaired) electrons. The topological polar surface area (TPSA) is 75.7 Å². The van der Waals surface area contributed by atoms with Gasteiger partial charge in [-0.25, -0.2) is 0 Å². The van der Waals surface area contributed by atoms with E-state index in [4.69, 9.17) is 4.74 Å². The predicted molar refractivity (Wildman–Crippen MR) is 101 cm³/mol. The second-order valence-electron chi connectivity index (χ2n) is 6.25. The molecule has 1 aromatic carbocycles. The summed E-state index contributed by atoms with van der Waals surface area (Å²) in [6, 6.07) is 6.99. The largest absolute Gasteiger partial charge is 0.376 e. The lowest BCUT2D eigenvalue weighted by Gasteiger charge is -2.19. The second-order valence-corrected chi connectivity index (χ2v) is 7.53. The fraction of sp³-hybridized carbons (Fsp3) is 0.421. The molecule has 0 aromatic heterocycles. The average molecular weight is 374 g/mol. The third-order valence-electron chi connectivity index (χ3n) is 4.32. The molecule has 1 unspecified atom stereocenters. The number of nitrogens with zero attached hydrogens (tertiary/aromatic N) is 1. The third-order valence-corrected chi connectivity index (χ3v) is 5.27. The average Bonchev–Trinajstić information content (AvgIpc) is 3.19. The number of anilines is 1. The minimum Gasteiger partial charge on any atom is -0.376 e. The third kappa shape index (κ3) is 3.83. The minimum absolute atomic E-state index is 0.0720. The number of nitrogens with one attached hydrogen (secondary N) is 1. The van der Waals surface area contributed by atoms with Crippen LogP contribution in [0, 0.1) is 0 Å². The quantitative estimate of drug-likeness (QED) is 0.775. The Bertz CT molecular complexity index is 751. The first-order valence-electron chi connectivity index (χ1n) is 8.74. The van der Waals surface area contributed by atoms with Gasteiger partial charge in [0.05, 0.1) is 23.1 Å². The maximum Gasteiger partial charge on any atom is 0.268 e. The van der Waals surface area contributed by atoms with Crippen molar-refractivity contribution in [3.05, 3.63) is 34.7 Å². The molecule has 3 rings (SSSR count). The maximum absolute atomic E-state index is 13.0. The van der Waals surface area contributed by atoms with Crippen LogP contribution in [-0.2, 0) is 19.1 Å². The molecule has 1 aromatic rings. The normalized spacial score (nSPS) is 20.2. The van der Waals surface area contributed by atoms with Crippen molar-refractivity contribution in [1.29, 1.82) is 0 Å². The molecule has 138 valence electrons. The van der Waals surface area contributed by atoms with Crippen LogP contribution < -0.4 is 5.32 Å². The number of carbonyl (C=O) groups excluding carboxylic acids is 3. The Morgan fingerprint density at radius 2 is 2.00 bits per heavy atom. The lowest BCUT2D eigenvalue weighted by atomic mass is 10.1. The number of ether oxygens (including phenoxy) is 1. The van der Waals surface area contributed by atoms with Crippen molar-refractivity contribution in [3.63, 3.8) is 0 Å². The van der Waals surface area contributed by atoms with Crippen molar-refractivity contribution in [2.24, 2.45) is 0 Å². The summed E-state index contributed by atoms with van der Waals surface area (Å²) in [5, 5.41) is 2.70. The van der Waals surface area contributed by atoms with Crippen molar-refractivity contribution in [2.45, 2.75) is 32.8 Å². The summed E-state index contributed by atoms with van der Waals surface area (Å²) in [6.45, 7) is 4.38. The van der Waals surface area contributed by atoms with Gasteiger partial charge < -0.3 is 10.1 Å². The van der Waals surface area contributed by atoms with Gasteiger partial charge in [-0.05, 0) is 36.3 Å². The van der Waals surface area contributed by atoms with E-state index in [9.17, 15) is 14.4 Å². The van der Waals surface area contributed by atoms with E-state index >= 15 is 0 Å². The van der Waals surface area contributed by atoms with Gasteiger partial charge in [0.1, 0.15) is 0 Å². The van der Waals surface area contributed by atoms with Gasteiger partial charge in [0, 0.05) is 19.2 Å². The zero-order valence-corrected chi connectivity index (χ0v) is 15.7. The first kappa shape index (κ1) is 18.7. The van der Waals surface area contributed by atoms with E-state index in [2.05, 4.69) is 5.32 Å². The van der Waals surface area contributed by atoms with E-state index in [1.165, 1.54) is 23.6 Å². The Balaban J connectivity index is 1.87. The lowest BCUT2D eigenvalue weighted by molar-refractivity contribution is -0.138. The van der Waals surface area contributed by atoms with Crippen LogP contribution in [0.2, 0.25) is 0 Å². The molecule has 2 aliphatic heterocycles. The molecule has 7 heteroatoms. The highest BCUT2D eigenvalue weighted by atomic mass is 32.2. The van der Waals surface area contributed by atoms with Crippen molar-refractivity contribution in [3.8, 4) is 0 Å². The van der Waals surface area contributed by atoms with Crippen molar-refractivity contribution >= 4 is 40.7 Å². The molecule has 6 nitrogen and oxygen atoms in total. The van der Waals surface area contributed by atoms with Gasteiger partial charge >= 0.3 is 0 Å². The Morgan fingerprint density at radius 3 is 2.58 bits per heavy atom. The Kier molecular flexibility index (Phi) is 5.78. The summed E-state index contributed by atoms with van der Waals surface area (Å²) in [4.78, 5) is 38.7.